The first-order valence-electron chi connectivity index (χ1n) is 6.29. The Morgan fingerprint density at radius 1 is 0.900 bits per heavy atom. The second-order valence-electron chi connectivity index (χ2n) is 5.85. The summed E-state index contributed by atoms with van der Waals surface area (Å²) in [6, 6.07) is 0. The van der Waals surface area contributed by atoms with Gasteiger partial charge in [-0.15, -0.1) is 0 Å². The van der Waals surface area contributed by atoms with Gasteiger partial charge in [-0.3, -0.25) is 9.13 Å². The van der Waals surface area contributed by atoms with Crippen molar-refractivity contribution in [2.45, 2.75) is 57.1 Å². The summed E-state index contributed by atoms with van der Waals surface area (Å²) in [5.74, 6) is 0. The van der Waals surface area contributed by atoms with Crippen LogP contribution >= 0.6 is 15.2 Å². The van der Waals surface area contributed by atoms with Crippen LogP contribution in [0.4, 0.5) is 0 Å². The van der Waals surface area contributed by atoms with Crippen molar-refractivity contribution < 1.29 is 33.8 Å². The van der Waals surface area contributed by atoms with Crippen LogP contribution in [0.25, 0.3) is 0 Å². The summed E-state index contributed by atoms with van der Waals surface area (Å²) in [7, 11) is -10.6. The van der Waals surface area contributed by atoms with Gasteiger partial charge in [-0.25, -0.2) is 0 Å². The zero-order chi connectivity index (χ0) is 16.2. The lowest BCUT2D eigenvalue weighted by atomic mass is 10.1. The van der Waals surface area contributed by atoms with Gasteiger partial charge >= 0.3 is 15.2 Å². The Kier molecular flexibility index (Phi) is 7.06. The molecule has 0 aliphatic carbocycles. The Bertz CT molecular complexity index is 373. The van der Waals surface area contributed by atoms with Crippen molar-refractivity contribution in [3.8, 4) is 0 Å². The maximum atomic E-state index is 11.1. The van der Waals surface area contributed by atoms with Crippen molar-refractivity contribution in [2.75, 3.05) is 6.54 Å². The molecular weight excluding hydrogens is 308 g/mol. The minimum absolute atomic E-state index is 0.0431. The molecule has 0 saturated heterocycles. The zero-order valence-electron chi connectivity index (χ0n) is 12.0. The lowest BCUT2D eigenvalue weighted by Crippen LogP contribution is -2.36. The van der Waals surface area contributed by atoms with Crippen molar-refractivity contribution in [3.05, 3.63) is 0 Å². The first-order valence-corrected chi connectivity index (χ1v) is 9.52. The number of rotatable bonds is 8. The van der Waals surface area contributed by atoms with E-state index in [2.05, 4.69) is 5.32 Å². The molecule has 0 aromatic rings. The van der Waals surface area contributed by atoms with Crippen molar-refractivity contribution in [1.82, 2.24) is 5.32 Å². The van der Waals surface area contributed by atoms with Crippen LogP contribution in [-0.2, 0) is 9.13 Å². The van der Waals surface area contributed by atoms with Gasteiger partial charge in [0.15, 0.2) is 0 Å². The second kappa shape index (κ2) is 6.99. The molecule has 6 N–H and O–H groups in total. The molecule has 0 atom stereocenters. The molecule has 8 nitrogen and oxygen atoms in total. The average Bonchev–Trinajstić information content (AvgIpc) is 2.17. The number of nitrogens with one attached hydrogen (secondary N) is 1. The van der Waals surface area contributed by atoms with Crippen molar-refractivity contribution >= 4 is 15.2 Å². The summed E-state index contributed by atoms with van der Waals surface area (Å²) in [6.45, 7) is 6.65. The lowest BCUT2D eigenvalue weighted by molar-refractivity contribution is 0.120. The van der Waals surface area contributed by atoms with E-state index in [0.717, 1.165) is 0 Å². The topological polar surface area (TPSA) is 147 Å². The highest BCUT2D eigenvalue weighted by Gasteiger charge is 2.58. The maximum absolute atomic E-state index is 11.1. The zero-order valence-corrected chi connectivity index (χ0v) is 13.8. The van der Waals surface area contributed by atoms with Gasteiger partial charge in [0.1, 0.15) is 0 Å². The molecule has 0 unspecified atom stereocenters. The Morgan fingerprint density at radius 2 is 1.35 bits per heavy atom. The summed E-state index contributed by atoms with van der Waals surface area (Å²) in [4.78, 5) is 35.8. The fourth-order valence-corrected chi connectivity index (χ4v) is 3.84. The van der Waals surface area contributed by atoms with Gasteiger partial charge in [0, 0.05) is 5.54 Å². The van der Waals surface area contributed by atoms with Gasteiger partial charge in [0.05, 0.1) is 0 Å². The average molecular weight is 333 g/mol. The van der Waals surface area contributed by atoms with E-state index in [-0.39, 0.29) is 12.0 Å². The lowest BCUT2D eigenvalue weighted by Gasteiger charge is -2.29. The van der Waals surface area contributed by atoms with Crippen molar-refractivity contribution in [1.29, 1.82) is 0 Å². The minimum atomic E-state index is -5.31. The largest absolute Gasteiger partial charge is 0.369 e. The van der Waals surface area contributed by atoms with Crippen LogP contribution in [0.15, 0.2) is 0 Å². The molecule has 20 heavy (non-hydrogen) atoms. The van der Waals surface area contributed by atoms with Gasteiger partial charge in [0.2, 0.25) is 0 Å². The van der Waals surface area contributed by atoms with E-state index >= 15 is 0 Å². The molecule has 0 bridgehead atoms. The summed E-state index contributed by atoms with van der Waals surface area (Å²) >= 11 is 0. The predicted octanol–water partition coefficient (Wildman–Crippen LogP) is 0.936. The summed E-state index contributed by atoms with van der Waals surface area (Å²) in [5, 5.41) is 9.56. The Balaban J connectivity index is 4.34. The molecule has 0 heterocycles. The summed E-state index contributed by atoms with van der Waals surface area (Å²) in [6.07, 6.45) is 0.636. The third-order valence-electron chi connectivity index (χ3n) is 2.78. The molecular formula is C10H25NO7P2. The van der Waals surface area contributed by atoms with Gasteiger partial charge in [-0.05, 0) is 46.6 Å². The van der Waals surface area contributed by atoms with Crippen molar-refractivity contribution in [2.24, 2.45) is 0 Å². The van der Waals surface area contributed by atoms with Crippen LogP contribution in [0, 0.1) is 0 Å². The molecule has 0 aliphatic rings. The smallest absolute Gasteiger partial charge is 0.368 e. The highest BCUT2D eigenvalue weighted by molar-refractivity contribution is 7.72. The first-order chi connectivity index (χ1) is 8.71. The number of aliphatic hydroxyl groups is 1. The molecule has 0 radical (unpaired) electrons. The van der Waals surface area contributed by atoms with Crippen LogP contribution < -0.4 is 5.32 Å². The monoisotopic (exact) mass is 333 g/mol. The van der Waals surface area contributed by atoms with E-state index in [0.29, 0.717) is 19.4 Å². The van der Waals surface area contributed by atoms with Crippen LogP contribution in [0.3, 0.4) is 0 Å². The first kappa shape index (κ1) is 20.2. The van der Waals surface area contributed by atoms with Gasteiger partial charge in [0.25, 0.3) is 5.08 Å². The summed E-state index contributed by atoms with van der Waals surface area (Å²) < 4.78 is 22.2. The van der Waals surface area contributed by atoms with E-state index in [1.807, 2.05) is 20.8 Å². The van der Waals surface area contributed by atoms with Crippen LogP contribution in [0.5, 0.6) is 0 Å². The number of unbranched alkanes of at least 4 members (excludes halogenated alkanes) is 2. The highest BCUT2D eigenvalue weighted by Crippen LogP contribution is 2.69. The van der Waals surface area contributed by atoms with Crippen molar-refractivity contribution in [3.63, 3.8) is 0 Å². The molecule has 0 aromatic heterocycles. The molecule has 122 valence electrons. The maximum Gasteiger partial charge on any atom is 0.369 e. The Hall–Kier alpha value is 0.220. The third-order valence-corrected chi connectivity index (χ3v) is 6.65. The third kappa shape index (κ3) is 6.33. The van der Waals surface area contributed by atoms with E-state index < -0.39 is 26.7 Å². The molecule has 0 saturated carbocycles. The van der Waals surface area contributed by atoms with Crippen LogP contribution in [-0.4, -0.2) is 41.8 Å². The molecule has 0 spiro atoms. The molecule has 0 fully saturated rings. The normalized spacial score (nSPS) is 14.6. The summed E-state index contributed by atoms with van der Waals surface area (Å²) in [5.41, 5.74) is -0.0431. The van der Waals surface area contributed by atoms with Crippen LogP contribution in [0.1, 0.15) is 46.5 Å². The number of hydrogen-bond donors (Lipinski definition) is 6. The second-order valence-corrected chi connectivity index (χ2v) is 9.86. The number of hydrogen-bond acceptors (Lipinski definition) is 4. The van der Waals surface area contributed by atoms with Gasteiger partial charge in [-0.1, -0.05) is 6.42 Å². The fourth-order valence-electron chi connectivity index (χ4n) is 1.59. The molecule has 10 heteroatoms. The highest BCUT2D eigenvalue weighted by atomic mass is 31.2. The van der Waals surface area contributed by atoms with Crippen LogP contribution in [0.2, 0.25) is 0 Å². The standard InChI is InChI=1S/C10H25NO7P2/c1-9(2,3)11-8-6-4-5-7-10(12,19(13,14)15)20(16,17)18/h11-12H,4-8H2,1-3H3,(H2,13,14,15)(H2,16,17,18). The van der Waals surface area contributed by atoms with E-state index in [1.54, 1.807) is 0 Å². The van der Waals surface area contributed by atoms with E-state index in [4.69, 9.17) is 19.6 Å². The van der Waals surface area contributed by atoms with Gasteiger partial charge < -0.3 is 30.0 Å². The SMILES string of the molecule is CC(C)(C)NCCCCCC(O)(P(=O)(O)O)P(=O)(O)O. The minimum Gasteiger partial charge on any atom is -0.368 e. The van der Waals surface area contributed by atoms with E-state index in [1.165, 1.54) is 0 Å². The molecule has 0 aromatic carbocycles. The molecule has 0 rings (SSSR count). The quantitative estimate of drug-likeness (QED) is 0.284. The Labute approximate surface area is 118 Å². The van der Waals surface area contributed by atoms with E-state index in [9.17, 15) is 14.2 Å². The van der Waals surface area contributed by atoms with Gasteiger partial charge in [-0.2, -0.15) is 0 Å². The molecule has 0 amide bonds. The predicted molar refractivity (Wildman–Crippen MR) is 75.3 cm³/mol. The molecule has 0 aliphatic heterocycles. The fraction of sp³-hybridized carbons (Fsp3) is 1.00. The Morgan fingerprint density at radius 3 is 1.70 bits per heavy atom.